The monoisotopic (exact) mass is 323 g/mol. The maximum atomic E-state index is 11.1. The number of hydrogen-bond acceptors (Lipinski definition) is 4. The Morgan fingerprint density at radius 1 is 1.10 bits per heavy atom. The molecule has 0 aliphatic carbocycles. The molecule has 0 unspecified atom stereocenters. The fourth-order valence-electron chi connectivity index (χ4n) is 1.62. The summed E-state index contributed by atoms with van der Waals surface area (Å²) in [5.74, 6) is 0. The minimum absolute atomic E-state index is 0.0615. The van der Waals surface area contributed by atoms with E-state index >= 15 is 0 Å². The van der Waals surface area contributed by atoms with Crippen LogP contribution in [0.25, 0.3) is 0 Å². The highest BCUT2D eigenvalue weighted by atomic mass is 35.5. The van der Waals surface area contributed by atoms with E-state index in [1.54, 1.807) is 24.3 Å². The van der Waals surface area contributed by atoms with Gasteiger partial charge in [-0.05, 0) is 48.9 Å². The molecule has 0 amide bonds. The Morgan fingerprint density at radius 3 is 2.19 bits per heavy atom. The summed E-state index contributed by atoms with van der Waals surface area (Å²) in [4.78, 5) is 0.0615. The van der Waals surface area contributed by atoms with E-state index in [9.17, 15) is 8.42 Å². The van der Waals surface area contributed by atoms with Crippen molar-refractivity contribution in [1.29, 1.82) is 0 Å². The average Bonchev–Trinajstić information content (AvgIpc) is 2.45. The van der Waals surface area contributed by atoms with Gasteiger partial charge in [0.05, 0.1) is 16.3 Å². The molecule has 0 spiro atoms. The number of sulfonamides is 1. The third-order valence-corrected chi connectivity index (χ3v) is 3.98. The van der Waals surface area contributed by atoms with Crippen LogP contribution in [-0.2, 0) is 10.0 Å². The van der Waals surface area contributed by atoms with Gasteiger partial charge in [0.1, 0.15) is 0 Å². The summed E-state index contributed by atoms with van der Waals surface area (Å²) < 4.78 is 22.3. The van der Waals surface area contributed by atoms with Crippen LogP contribution in [0.1, 0.15) is 12.5 Å². The maximum Gasteiger partial charge on any atom is 0.238 e. The van der Waals surface area contributed by atoms with Crippen molar-refractivity contribution < 1.29 is 8.42 Å². The summed E-state index contributed by atoms with van der Waals surface area (Å²) in [6, 6.07) is 13.3. The summed E-state index contributed by atoms with van der Waals surface area (Å²) >= 11 is 5.83. The molecule has 0 fully saturated rings. The molecule has 0 aliphatic rings. The molecule has 0 aromatic heterocycles. The van der Waals surface area contributed by atoms with Crippen molar-refractivity contribution in [3.8, 4) is 0 Å². The van der Waals surface area contributed by atoms with Crippen molar-refractivity contribution in [1.82, 2.24) is 0 Å². The minimum Gasteiger partial charge on any atom is -0.278 e. The Kier molecular flexibility index (Phi) is 4.62. The van der Waals surface area contributed by atoms with E-state index in [-0.39, 0.29) is 4.90 Å². The highest BCUT2D eigenvalue weighted by Crippen LogP contribution is 2.14. The maximum absolute atomic E-state index is 11.1. The normalized spacial score (nSPS) is 12.2. The predicted octanol–water partition coefficient (Wildman–Crippen LogP) is 2.82. The Morgan fingerprint density at radius 2 is 1.67 bits per heavy atom. The van der Waals surface area contributed by atoms with E-state index < -0.39 is 10.0 Å². The molecule has 2 aromatic carbocycles. The lowest BCUT2D eigenvalue weighted by molar-refractivity contribution is 0.598. The molecule has 0 radical (unpaired) electrons. The van der Waals surface area contributed by atoms with Crippen molar-refractivity contribution in [2.45, 2.75) is 11.8 Å². The van der Waals surface area contributed by atoms with Gasteiger partial charge in [0, 0.05) is 5.02 Å². The zero-order valence-corrected chi connectivity index (χ0v) is 12.8. The molecule has 0 saturated heterocycles. The molecule has 0 heterocycles. The summed E-state index contributed by atoms with van der Waals surface area (Å²) in [5.41, 5.74) is 5.24. The largest absolute Gasteiger partial charge is 0.278 e. The second-order valence-corrected chi connectivity index (χ2v) is 6.38. The van der Waals surface area contributed by atoms with Crippen molar-refractivity contribution in [2.24, 2.45) is 10.2 Å². The van der Waals surface area contributed by atoms with E-state index in [1.165, 1.54) is 12.1 Å². The van der Waals surface area contributed by atoms with Crippen LogP contribution in [0, 0.1) is 0 Å². The summed E-state index contributed by atoms with van der Waals surface area (Å²) in [5, 5.41) is 9.92. The van der Waals surface area contributed by atoms with Crippen molar-refractivity contribution in [3.63, 3.8) is 0 Å². The van der Waals surface area contributed by atoms with Crippen molar-refractivity contribution >= 4 is 33.0 Å². The second-order valence-electron chi connectivity index (χ2n) is 4.39. The molecule has 3 N–H and O–H groups in total. The minimum atomic E-state index is -3.67. The van der Waals surface area contributed by atoms with E-state index in [2.05, 4.69) is 10.5 Å². The zero-order valence-electron chi connectivity index (χ0n) is 11.2. The van der Waals surface area contributed by atoms with Gasteiger partial charge < -0.3 is 0 Å². The molecule has 21 heavy (non-hydrogen) atoms. The van der Waals surface area contributed by atoms with Crippen LogP contribution in [0.5, 0.6) is 0 Å². The van der Waals surface area contributed by atoms with E-state index in [0.29, 0.717) is 10.7 Å². The highest BCUT2D eigenvalue weighted by Gasteiger charge is 2.06. The van der Waals surface area contributed by atoms with E-state index in [1.807, 2.05) is 19.1 Å². The van der Waals surface area contributed by atoms with Crippen LogP contribution in [0.4, 0.5) is 5.69 Å². The van der Waals surface area contributed by atoms with Gasteiger partial charge in [-0.3, -0.25) is 5.43 Å². The number of hydrogen-bond donors (Lipinski definition) is 2. The van der Waals surface area contributed by atoms with Crippen LogP contribution >= 0.6 is 11.6 Å². The third kappa shape index (κ3) is 4.29. The predicted molar refractivity (Wildman–Crippen MR) is 85.1 cm³/mol. The molecule has 2 aromatic rings. The number of nitrogens with zero attached hydrogens (tertiary/aromatic N) is 1. The molecular formula is C14H14ClN3O2S. The van der Waals surface area contributed by atoms with Crippen LogP contribution in [0.2, 0.25) is 5.02 Å². The molecule has 0 bridgehead atoms. The molecule has 5 nitrogen and oxygen atoms in total. The number of benzene rings is 2. The molecule has 0 aliphatic heterocycles. The standard InChI is InChI=1S/C14H14ClN3O2S/c1-10(11-2-4-12(15)5-3-11)17-18-13-6-8-14(9-7-13)21(16,19)20/h2-9,18H,1H3,(H2,16,19,20)/b17-10+. The van der Waals surface area contributed by atoms with Gasteiger partial charge in [0.15, 0.2) is 0 Å². The number of rotatable bonds is 4. The van der Waals surface area contributed by atoms with Crippen LogP contribution < -0.4 is 10.6 Å². The molecule has 0 atom stereocenters. The molecule has 0 saturated carbocycles. The number of nitrogens with two attached hydrogens (primary N) is 1. The topological polar surface area (TPSA) is 84.5 Å². The van der Waals surface area contributed by atoms with E-state index in [0.717, 1.165) is 11.3 Å². The Labute approximate surface area is 128 Å². The van der Waals surface area contributed by atoms with Crippen LogP contribution in [0.15, 0.2) is 58.5 Å². The third-order valence-electron chi connectivity index (χ3n) is 2.80. The number of anilines is 1. The first kappa shape index (κ1) is 15.5. The van der Waals surface area contributed by atoms with Crippen molar-refractivity contribution in [2.75, 3.05) is 5.43 Å². The van der Waals surface area contributed by atoms with Crippen LogP contribution in [0.3, 0.4) is 0 Å². The van der Waals surface area contributed by atoms with E-state index in [4.69, 9.17) is 16.7 Å². The summed E-state index contributed by atoms with van der Waals surface area (Å²) in [6.07, 6.45) is 0. The van der Waals surface area contributed by atoms with Gasteiger partial charge in [-0.1, -0.05) is 23.7 Å². The fourth-order valence-corrected chi connectivity index (χ4v) is 2.26. The number of halogens is 1. The summed E-state index contributed by atoms with van der Waals surface area (Å²) in [7, 11) is -3.67. The number of nitrogens with one attached hydrogen (secondary N) is 1. The average molecular weight is 324 g/mol. The first-order valence-corrected chi connectivity index (χ1v) is 7.98. The smallest absolute Gasteiger partial charge is 0.238 e. The zero-order chi connectivity index (χ0) is 15.5. The lowest BCUT2D eigenvalue weighted by Crippen LogP contribution is -2.11. The molecule has 110 valence electrons. The molecule has 2 rings (SSSR count). The first-order valence-electron chi connectivity index (χ1n) is 6.05. The molecular weight excluding hydrogens is 310 g/mol. The lowest BCUT2D eigenvalue weighted by atomic mass is 10.1. The number of hydrazone groups is 1. The number of primary sulfonamides is 1. The quantitative estimate of drug-likeness (QED) is 0.670. The van der Waals surface area contributed by atoms with Gasteiger partial charge in [-0.25, -0.2) is 13.6 Å². The van der Waals surface area contributed by atoms with Gasteiger partial charge in [0.25, 0.3) is 0 Å². The van der Waals surface area contributed by atoms with Gasteiger partial charge in [-0.2, -0.15) is 5.10 Å². The Hall–Kier alpha value is -1.89. The second kappa shape index (κ2) is 6.26. The SMILES string of the molecule is C/C(=N\Nc1ccc(S(N)(=O)=O)cc1)c1ccc(Cl)cc1. The summed E-state index contributed by atoms with van der Waals surface area (Å²) in [6.45, 7) is 1.86. The Bertz CT molecular complexity index is 754. The fraction of sp³-hybridized carbons (Fsp3) is 0.0714. The van der Waals surface area contributed by atoms with Gasteiger partial charge in [-0.15, -0.1) is 0 Å². The molecule has 7 heteroatoms. The van der Waals surface area contributed by atoms with Crippen LogP contribution in [-0.4, -0.2) is 14.1 Å². The lowest BCUT2D eigenvalue weighted by Gasteiger charge is -2.05. The van der Waals surface area contributed by atoms with Gasteiger partial charge in [0.2, 0.25) is 10.0 Å². The Balaban J connectivity index is 2.11. The van der Waals surface area contributed by atoms with Crippen molar-refractivity contribution in [3.05, 3.63) is 59.1 Å². The highest BCUT2D eigenvalue weighted by molar-refractivity contribution is 7.89. The van der Waals surface area contributed by atoms with Gasteiger partial charge >= 0.3 is 0 Å². The first-order chi connectivity index (χ1) is 9.86.